The fourth-order valence-corrected chi connectivity index (χ4v) is 2.37. The molecular weight excluding hydrogens is 258 g/mol. The van der Waals surface area contributed by atoms with Crippen LogP contribution in [-0.2, 0) is 5.60 Å². The van der Waals surface area contributed by atoms with E-state index in [1.165, 1.54) is 0 Å². The minimum absolute atomic E-state index is 0.231. The molecule has 1 aromatic rings. The zero-order valence-electron chi connectivity index (χ0n) is 9.58. The number of rotatable bonds is 4. The Morgan fingerprint density at radius 2 is 2.27 bits per heavy atom. The van der Waals surface area contributed by atoms with Crippen LogP contribution in [0.5, 0.6) is 0 Å². The van der Waals surface area contributed by atoms with Gasteiger partial charge in [-0.2, -0.15) is 5.10 Å². The Morgan fingerprint density at radius 1 is 1.67 bits per heavy atom. The molecule has 0 aliphatic heterocycles. The second-order valence-electron chi connectivity index (χ2n) is 4.18. The summed E-state index contributed by atoms with van der Waals surface area (Å²) in [6.07, 6.45) is 1.72. The highest BCUT2D eigenvalue weighted by Crippen LogP contribution is 2.29. The van der Waals surface area contributed by atoms with Gasteiger partial charge in [0.2, 0.25) is 0 Å². The van der Waals surface area contributed by atoms with Crippen LogP contribution >= 0.6 is 15.9 Å². The molecule has 0 bridgehead atoms. The first-order valence-electron chi connectivity index (χ1n) is 5.00. The fraction of sp³-hybridized carbons (Fsp3) is 0.700. The van der Waals surface area contributed by atoms with E-state index in [0.29, 0.717) is 6.54 Å². The number of nitrogens with one attached hydrogen (secondary N) is 1. The normalized spacial score (nSPS) is 15.7. The van der Waals surface area contributed by atoms with Crippen molar-refractivity contribution in [3.8, 4) is 0 Å². The van der Waals surface area contributed by atoms with Gasteiger partial charge >= 0.3 is 0 Å². The number of hydrogen-bond donors (Lipinski definition) is 2. The Bertz CT molecular complexity index is 333. The number of aromatic nitrogens is 2. The Labute approximate surface area is 98.8 Å². The third kappa shape index (κ3) is 2.59. The van der Waals surface area contributed by atoms with Gasteiger partial charge < -0.3 is 10.4 Å². The molecule has 1 atom stereocenters. The maximum absolute atomic E-state index is 10.3. The number of aliphatic hydroxyl groups is 1. The molecule has 0 fully saturated rings. The molecule has 1 rings (SSSR count). The second kappa shape index (κ2) is 4.63. The molecule has 0 saturated heterocycles. The van der Waals surface area contributed by atoms with Gasteiger partial charge in [-0.05, 0) is 43.7 Å². The van der Waals surface area contributed by atoms with E-state index in [9.17, 15) is 5.11 Å². The molecular formula is C10H18BrN3O. The lowest BCUT2D eigenvalue weighted by molar-refractivity contribution is 0.0475. The largest absolute Gasteiger partial charge is 0.382 e. The average Bonchev–Trinajstić information content (AvgIpc) is 2.47. The Morgan fingerprint density at radius 3 is 2.73 bits per heavy atom. The number of halogens is 1. The van der Waals surface area contributed by atoms with E-state index in [1.54, 1.807) is 13.1 Å². The lowest BCUT2D eigenvalue weighted by Crippen LogP contribution is -2.36. The predicted molar refractivity (Wildman–Crippen MR) is 63.8 cm³/mol. The molecule has 1 unspecified atom stereocenters. The summed E-state index contributed by atoms with van der Waals surface area (Å²) in [6, 6.07) is 0.231. The monoisotopic (exact) mass is 275 g/mol. The van der Waals surface area contributed by atoms with E-state index in [2.05, 4.69) is 26.3 Å². The van der Waals surface area contributed by atoms with Crippen LogP contribution in [0.15, 0.2) is 10.7 Å². The third-order valence-electron chi connectivity index (χ3n) is 2.27. The first-order chi connectivity index (χ1) is 6.90. The van der Waals surface area contributed by atoms with E-state index in [0.717, 1.165) is 10.2 Å². The van der Waals surface area contributed by atoms with Gasteiger partial charge in [-0.3, -0.25) is 4.68 Å². The molecule has 86 valence electrons. The Hall–Kier alpha value is -0.390. The van der Waals surface area contributed by atoms with E-state index >= 15 is 0 Å². The molecule has 0 radical (unpaired) electrons. The molecule has 0 saturated carbocycles. The number of hydrogen-bond acceptors (Lipinski definition) is 3. The molecule has 0 amide bonds. The van der Waals surface area contributed by atoms with Crippen molar-refractivity contribution in [2.24, 2.45) is 0 Å². The Kier molecular flexibility index (Phi) is 3.92. The van der Waals surface area contributed by atoms with E-state index < -0.39 is 5.60 Å². The van der Waals surface area contributed by atoms with E-state index in [-0.39, 0.29) is 6.04 Å². The minimum atomic E-state index is -0.922. The highest BCUT2D eigenvalue weighted by atomic mass is 79.9. The van der Waals surface area contributed by atoms with Gasteiger partial charge in [-0.1, -0.05) is 0 Å². The predicted octanol–water partition coefficient (Wildman–Crippen LogP) is 1.65. The van der Waals surface area contributed by atoms with Crippen molar-refractivity contribution in [1.82, 2.24) is 15.1 Å². The molecule has 0 aromatic carbocycles. The molecule has 15 heavy (non-hydrogen) atoms. The average molecular weight is 276 g/mol. The molecule has 0 spiro atoms. The molecule has 2 N–H and O–H groups in total. The van der Waals surface area contributed by atoms with Crippen molar-refractivity contribution in [1.29, 1.82) is 0 Å². The highest BCUT2D eigenvalue weighted by molar-refractivity contribution is 9.10. The standard InChI is InChI=1S/C10H18BrN3O/c1-7(2)14-9(8(11)5-13-14)10(3,15)6-12-4/h5,7,12,15H,6H2,1-4H3. The summed E-state index contributed by atoms with van der Waals surface area (Å²) < 4.78 is 2.68. The van der Waals surface area contributed by atoms with Crippen molar-refractivity contribution in [3.63, 3.8) is 0 Å². The van der Waals surface area contributed by atoms with Crippen LogP contribution in [0.25, 0.3) is 0 Å². The summed E-state index contributed by atoms with van der Waals surface area (Å²) >= 11 is 3.42. The number of likely N-dealkylation sites (N-methyl/N-ethyl adjacent to an activating group) is 1. The summed E-state index contributed by atoms with van der Waals surface area (Å²) in [5.74, 6) is 0. The van der Waals surface area contributed by atoms with Crippen LogP contribution in [0.3, 0.4) is 0 Å². The molecule has 1 heterocycles. The lowest BCUT2D eigenvalue weighted by atomic mass is 10.0. The summed E-state index contributed by atoms with van der Waals surface area (Å²) in [5, 5.41) is 17.6. The first-order valence-corrected chi connectivity index (χ1v) is 5.80. The van der Waals surface area contributed by atoms with Gasteiger partial charge in [0.1, 0.15) is 5.60 Å². The van der Waals surface area contributed by atoms with Crippen molar-refractivity contribution >= 4 is 15.9 Å². The third-order valence-corrected chi connectivity index (χ3v) is 2.85. The second-order valence-corrected chi connectivity index (χ2v) is 5.04. The molecule has 4 nitrogen and oxygen atoms in total. The molecule has 1 aromatic heterocycles. The summed E-state index contributed by atoms with van der Waals surface area (Å²) in [7, 11) is 1.82. The fourth-order valence-electron chi connectivity index (χ4n) is 1.66. The van der Waals surface area contributed by atoms with Crippen LogP contribution in [0.4, 0.5) is 0 Å². The van der Waals surface area contributed by atoms with Gasteiger partial charge in [0, 0.05) is 12.6 Å². The summed E-state index contributed by atoms with van der Waals surface area (Å²) in [6.45, 7) is 6.35. The van der Waals surface area contributed by atoms with Crippen molar-refractivity contribution in [2.45, 2.75) is 32.4 Å². The number of nitrogens with zero attached hydrogens (tertiary/aromatic N) is 2. The Balaban J connectivity index is 3.16. The SMILES string of the molecule is CNCC(C)(O)c1c(Br)cnn1C(C)C. The molecule has 0 aliphatic carbocycles. The van der Waals surface area contributed by atoms with Gasteiger partial charge in [-0.15, -0.1) is 0 Å². The van der Waals surface area contributed by atoms with Crippen LogP contribution < -0.4 is 5.32 Å². The summed E-state index contributed by atoms with van der Waals surface area (Å²) in [4.78, 5) is 0. The zero-order chi connectivity index (χ0) is 11.6. The van der Waals surface area contributed by atoms with Crippen LogP contribution in [-0.4, -0.2) is 28.5 Å². The van der Waals surface area contributed by atoms with Crippen molar-refractivity contribution < 1.29 is 5.11 Å². The maximum atomic E-state index is 10.3. The van der Waals surface area contributed by atoms with E-state index in [4.69, 9.17) is 0 Å². The van der Waals surface area contributed by atoms with Gasteiger partial charge in [-0.25, -0.2) is 0 Å². The van der Waals surface area contributed by atoms with Gasteiger partial charge in [0.25, 0.3) is 0 Å². The quantitative estimate of drug-likeness (QED) is 0.879. The maximum Gasteiger partial charge on any atom is 0.117 e. The molecule has 5 heteroatoms. The van der Waals surface area contributed by atoms with Crippen LogP contribution in [0.2, 0.25) is 0 Å². The van der Waals surface area contributed by atoms with Crippen molar-refractivity contribution in [3.05, 3.63) is 16.4 Å². The first kappa shape index (κ1) is 12.7. The lowest BCUT2D eigenvalue weighted by Gasteiger charge is -2.26. The van der Waals surface area contributed by atoms with Gasteiger partial charge in [0.05, 0.1) is 16.4 Å². The topological polar surface area (TPSA) is 50.1 Å². The molecule has 0 aliphatic rings. The zero-order valence-corrected chi connectivity index (χ0v) is 11.2. The van der Waals surface area contributed by atoms with Crippen molar-refractivity contribution in [2.75, 3.05) is 13.6 Å². The van der Waals surface area contributed by atoms with Crippen LogP contribution in [0, 0.1) is 0 Å². The van der Waals surface area contributed by atoms with E-state index in [1.807, 2.05) is 25.6 Å². The highest BCUT2D eigenvalue weighted by Gasteiger charge is 2.30. The smallest absolute Gasteiger partial charge is 0.117 e. The van der Waals surface area contributed by atoms with Crippen LogP contribution in [0.1, 0.15) is 32.5 Å². The minimum Gasteiger partial charge on any atom is -0.382 e. The van der Waals surface area contributed by atoms with Gasteiger partial charge in [0.15, 0.2) is 0 Å². The summed E-state index contributed by atoms with van der Waals surface area (Å²) in [5.41, 5.74) is -0.110.